The van der Waals surface area contributed by atoms with Crippen LogP contribution in [-0.2, 0) is 16.1 Å². The number of hydrogen-bond acceptors (Lipinski definition) is 3. The molecule has 1 fully saturated rings. The Morgan fingerprint density at radius 1 is 1.38 bits per heavy atom. The highest BCUT2D eigenvalue weighted by atomic mass is 19.4. The summed E-state index contributed by atoms with van der Waals surface area (Å²) in [6, 6.07) is 9.53. The van der Waals surface area contributed by atoms with Gasteiger partial charge in [-0.1, -0.05) is 30.3 Å². The number of nitrogens with zero attached hydrogens (tertiary/aromatic N) is 1. The van der Waals surface area contributed by atoms with Gasteiger partial charge in [-0.3, -0.25) is 9.69 Å². The van der Waals surface area contributed by atoms with Crippen molar-refractivity contribution in [3.05, 3.63) is 35.9 Å². The van der Waals surface area contributed by atoms with Crippen LogP contribution in [0.3, 0.4) is 0 Å². The van der Waals surface area contributed by atoms with Crippen molar-refractivity contribution in [2.75, 3.05) is 26.2 Å². The van der Waals surface area contributed by atoms with E-state index in [-0.39, 0.29) is 11.8 Å². The number of alkyl halides is 3. The molecule has 1 aromatic carbocycles. The van der Waals surface area contributed by atoms with E-state index in [1.54, 1.807) is 6.92 Å². The van der Waals surface area contributed by atoms with Crippen LogP contribution in [0, 0.1) is 5.92 Å². The van der Waals surface area contributed by atoms with Crippen LogP contribution in [0.4, 0.5) is 13.2 Å². The van der Waals surface area contributed by atoms with Gasteiger partial charge in [-0.05, 0) is 31.4 Å². The molecule has 2 atom stereocenters. The molecule has 1 N–H and O–H groups in total. The fourth-order valence-corrected chi connectivity index (χ4v) is 2.74. The number of rotatable bonds is 7. The van der Waals surface area contributed by atoms with Crippen LogP contribution in [-0.4, -0.2) is 49.3 Å². The van der Waals surface area contributed by atoms with Gasteiger partial charge in [0.1, 0.15) is 6.10 Å². The first kappa shape index (κ1) is 18.7. The van der Waals surface area contributed by atoms with Gasteiger partial charge in [0.2, 0.25) is 5.91 Å². The second-order valence-corrected chi connectivity index (χ2v) is 6.19. The molecule has 2 rings (SSSR count). The molecule has 0 aliphatic carbocycles. The highest BCUT2D eigenvalue weighted by molar-refractivity contribution is 5.80. The van der Waals surface area contributed by atoms with Gasteiger partial charge in [0.25, 0.3) is 0 Å². The smallest absolute Gasteiger partial charge is 0.364 e. The number of benzene rings is 1. The van der Waals surface area contributed by atoms with Crippen LogP contribution in [0.25, 0.3) is 0 Å². The lowest BCUT2D eigenvalue weighted by Crippen LogP contribution is -2.38. The minimum Gasteiger partial charge on any atom is -0.364 e. The Morgan fingerprint density at radius 3 is 2.75 bits per heavy atom. The topological polar surface area (TPSA) is 41.6 Å². The van der Waals surface area contributed by atoms with Crippen LogP contribution in [0.15, 0.2) is 30.3 Å². The number of carbonyl (C=O) groups is 1. The second kappa shape index (κ2) is 8.48. The van der Waals surface area contributed by atoms with E-state index in [1.165, 1.54) is 4.90 Å². The average molecular weight is 344 g/mol. The maximum atomic E-state index is 12.4. The van der Waals surface area contributed by atoms with Gasteiger partial charge >= 0.3 is 6.18 Å². The van der Waals surface area contributed by atoms with Crippen molar-refractivity contribution in [3.8, 4) is 0 Å². The minimum absolute atomic E-state index is 0.0534. The Labute approximate surface area is 140 Å². The standard InChI is InChI=1S/C17H23F3N2O2/c1-13(24-11-14-5-3-2-4-6-14)16(23)21-9-15-7-8-22(10-15)12-17(18,19)20/h2-6,13,15H,7-12H2,1H3,(H,21,23)/t13-,15-/m0/s1. The molecule has 1 amide bonds. The molecule has 134 valence electrons. The number of halogens is 3. The number of nitrogens with one attached hydrogen (secondary N) is 1. The van der Waals surface area contributed by atoms with E-state index >= 15 is 0 Å². The highest BCUT2D eigenvalue weighted by Gasteiger charge is 2.34. The monoisotopic (exact) mass is 344 g/mol. The molecule has 0 saturated carbocycles. The number of ether oxygens (including phenoxy) is 1. The van der Waals surface area contributed by atoms with E-state index in [0.29, 0.717) is 32.7 Å². The lowest BCUT2D eigenvalue weighted by atomic mass is 10.1. The van der Waals surface area contributed by atoms with E-state index in [2.05, 4.69) is 5.32 Å². The third-order valence-corrected chi connectivity index (χ3v) is 4.05. The zero-order valence-electron chi connectivity index (χ0n) is 13.7. The summed E-state index contributed by atoms with van der Waals surface area (Å²) in [7, 11) is 0. The molecule has 1 aliphatic heterocycles. The maximum absolute atomic E-state index is 12.4. The number of amides is 1. The van der Waals surface area contributed by atoms with Crippen molar-refractivity contribution in [1.82, 2.24) is 10.2 Å². The van der Waals surface area contributed by atoms with Gasteiger partial charge in [-0.2, -0.15) is 13.2 Å². The van der Waals surface area contributed by atoms with Gasteiger partial charge < -0.3 is 10.1 Å². The molecule has 7 heteroatoms. The summed E-state index contributed by atoms with van der Waals surface area (Å²) in [4.78, 5) is 13.4. The lowest BCUT2D eigenvalue weighted by Gasteiger charge is -2.18. The molecule has 0 aromatic heterocycles. The SMILES string of the molecule is C[C@H](OCc1ccccc1)C(=O)NC[C@@H]1CCN(CC(F)(F)F)C1. The van der Waals surface area contributed by atoms with Crippen LogP contribution in [0.1, 0.15) is 18.9 Å². The lowest BCUT2D eigenvalue weighted by molar-refractivity contribution is -0.144. The molecular weight excluding hydrogens is 321 g/mol. The first-order valence-electron chi connectivity index (χ1n) is 8.06. The number of carbonyl (C=O) groups excluding carboxylic acids is 1. The zero-order chi connectivity index (χ0) is 17.6. The van der Waals surface area contributed by atoms with E-state index in [4.69, 9.17) is 4.74 Å². The van der Waals surface area contributed by atoms with Gasteiger partial charge in [0.05, 0.1) is 13.2 Å². The molecule has 1 heterocycles. The normalized spacial score (nSPS) is 20.1. The summed E-state index contributed by atoms with van der Waals surface area (Å²) >= 11 is 0. The predicted molar refractivity (Wildman–Crippen MR) is 84.3 cm³/mol. The van der Waals surface area contributed by atoms with Crippen molar-refractivity contribution >= 4 is 5.91 Å². The Morgan fingerprint density at radius 2 is 2.08 bits per heavy atom. The van der Waals surface area contributed by atoms with Gasteiger partial charge in [-0.25, -0.2) is 0 Å². The first-order valence-corrected chi connectivity index (χ1v) is 8.06. The molecule has 0 unspecified atom stereocenters. The Bertz CT molecular complexity index is 522. The third kappa shape index (κ3) is 6.49. The van der Waals surface area contributed by atoms with Crippen LogP contribution in [0.5, 0.6) is 0 Å². The summed E-state index contributed by atoms with van der Waals surface area (Å²) in [5.74, 6) is -0.183. The molecule has 0 radical (unpaired) electrons. The van der Waals surface area contributed by atoms with E-state index in [1.807, 2.05) is 30.3 Å². The molecule has 4 nitrogen and oxygen atoms in total. The second-order valence-electron chi connectivity index (χ2n) is 6.19. The molecule has 0 spiro atoms. The highest BCUT2D eigenvalue weighted by Crippen LogP contribution is 2.22. The van der Waals surface area contributed by atoms with Crippen LogP contribution < -0.4 is 5.32 Å². The molecule has 1 aromatic rings. The van der Waals surface area contributed by atoms with Crippen molar-refractivity contribution in [2.24, 2.45) is 5.92 Å². The van der Waals surface area contributed by atoms with Gasteiger partial charge in [0, 0.05) is 13.1 Å². The predicted octanol–water partition coefficient (Wildman–Crippen LogP) is 2.59. The minimum atomic E-state index is -4.17. The van der Waals surface area contributed by atoms with Crippen LogP contribution >= 0.6 is 0 Å². The van der Waals surface area contributed by atoms with E-state index in [0.717, 1.165) is 5.56 Å². The fraction of sp³-hybridized carbons (Fsp3) is 0.588. The average Bonchev–Trinajstić information content (AvgIpc) is 2.96. The number of likely N-dealkylation sites (tertiary alicyclic amines) is 1. The molecule has 0 bridgehead atoms. The van der Waals surface area contributed by atoms with Crippen molar-refractivity contribution < 1.29 is 22.7 Å². The van der Waals surface area contributed by atoms with Crippen molar-refractivity contribution in [1.29, 1.82) is 0 Å². The quantitative estimate of drug-likeness (QED) is 0.827. The van der Waals surface area contributed by atoms with Gasteiger partial charge in [0.15, 0.2) is 0 Å². The van der Waals surface area contributed by atoms with E-state index in [9.17, 15) is 18.0 Å². The first-order chi connectivity index (χ1) is 11.3. The summed E-state index contributed by atoms with van der Waals surface area (Å²) in [6.07, 6.45) is -4.11. The summed E-state index contributed by atoms with van der Waals surface area (Å²) in [5, 5.41) is 2.77. The fourth-order valence-electron chi connectivity index (χ4n) is 2.74. The Kier molecular flexibility index (Phi) is 6.62. The third-order valence-electron chi connectivity index (χ3n) is 4.05. The summed E-state index contributed by atoms with van der Waals surface area (Å²) < 4.78 is 42.6. The zero-order valence-corrected chi connectivity index (χ0v) is 13.7. The molecular formula is C17H23F3N2O2. The maximum Gasteiger partial charge on any atom is 0.401 e. The Balaban J connectivity index is 1.66. The summed E-state index contributed by atoms with van der Waals surface area (Å²) in [6.45, 7) is 2.29. The summed E-state index contributed by atoms with van der Waals surface area (Å²) in [5.41, 5.74) is 0.982. The van der Waals surface area contributed by atoms with Crippen LogP contribution in [0.2, 0.25) is 0 Å². The van der Waals surface area contributed by atoms with Crippen molar-refractivity contribution in [2.45, 2.75) is 32.2 Å². The molecule has 24 heavy (non-hydrogen) atoms. The Hall–Kier alpha value is -1.60. The van der Waals surface area contributed by atoms with Gasteiger partial charge in [-0.15, -0.1) is 0 Å². The van der Waals surface area contributed by atoms with E-state index < -0.39 is 18.8 Å². The van der Waals surface area contributed by atoms with Crippen molar-refractivity contribution in [3.63, 3.8) is 0 Å². The molecule has 1 saturated heterocycles. The number of hydrogen-bond donors (Lipinski definition) is 1. The largest absolute Gasteiger partial charge is 0.401 e. The molecule has 1 aliphatic rings.